The van der Waals surface area contributed by atoms with E-state index in [9.17, 15) is 14.4 Å². The molecule has 0 aliphatic heterocycles. The molecular weight excluding hydrogens is 370 g/mol. The van der Waals surface area contributed by atoms with Crippen molar-refractivity contribution in [2.45, 2.75) is 19.6 Å². The molecule has 27 heavy (non-hydrogen) atoms. The third kappa shape index (κ3) is 3.98. The minimum Gasteiger partial charge on any atom is -0.497 e. The molecule has 9 heteroatoms. The van der Waals surface area contributed by atoms with E-state index in [0.29, 0.717) is 10.2 Å². The van der Waals surface area contributed by atoms with Crippen molar-refractivity contribution < 1.29 is 19.1 Å². The highest BCUT2D eigenvalue weighted by Crippen LogP contribution is 2.31. The van der Waals surface area contributed by atoms with E-state index in [1.165, 1.54) is 24.6 Å². The van der Waals surface area contributed by atoms with Crippen LogP contribution in [0.3, 0.4) is 0 Å². The number of methoxy groups -OCH3 is 1. The van der Waals surface area contributed by atoms with Crippen LogP contribution in [-0.4, -0.2) is 34.6 Å². The quantitative estimate of drug-likeness (QED) is 0.642. The van der Waals surface area contributed by atoms with Gasteiger partial charge in [0.25, 0.3) is 11.5 Å². The number of hydrogen-bond acceptors (Lipinski definition) is 7. The number of esters is 1. The molecule has 1 aromatic carbocycles. The number of primary amides is 1. The maximum absolute atomic E-state index is 12.6. The highest BCUT2D eigenvalue weighted by molar-refractivity contribution is 7.22. The van der Waals surface area contributed by atoms with Crippen molar-refractivity contribution in [1.82, 2.24) is 9.55 Å². The van der Waals surface area contributed by atoms with E-state index in [-0.39, 0.29) is 12.1 Å². The van der Waals surface area contributed by atoms with Crippen molar-refractivity contribution in [2.75, 3.05) is 7.11 Å². The number of carbonyl (C=O) groups is 2. The zero-order valence-electron chi connectivity index (χ0n) is 14.7. The Bertz CT molecular complexity index is 1060. The molecule has 0 fully saturated rings. The monoisotopic (exact) mass is 387 g/mol. The summed E-state index contributed by atoms with van der Waals surface area (Å²) in [6.07, 6.45) is 0.221. The van der Waals surface area contributed by atoms with Gasteiger partial charge in [0, 0.05) is 4.88 Å². The average Bonchev–Trinajstić information content (AvgIpc) is 3.09. The smallest absolute Gasteiger partial charge is 0.326 e. The minimum absolute atomic E-state index is 0.352. The fourth-order valence-corrected chi connectivity index (χ4v) is 3.45. The van der Waals surface area contributed by atoms with Gasteiger partial charge in [-0.2, -0.15) is 0 Å². The van der Waals surface area contributed by atoms with Crippen LogP contribution in [0.4, 0.5) is 0 Å². The molecule has 0 aliphatic carbocycles. The Morgan fingerprint density at radius 1 is 1.30 bits per heavy atom. The SMILES string of the molecule is COc1ccc(-c2cc3ncn(CC(=O)O[C@@H](C)C(N)=O)c(=O)c3s2)cc1. The number of fused-ring (bicyclic) bond motifs is 1. The second kappa shape index (κ2) is 7.58. The number of hydrogen-bond donors (Lipinski definition) is 1. The highest BCUT2D eigenvalue weighted by atomic mass is 32.1. The fourth-order valence-electron chi connectivity index (χ4n) is 2.39. The van der Waals surface area contributed by atoms with Crippen molar-refractivity contribution >= 4 is 33.4 Å². The maximum Gasteiger partial charge on any atom is 0.326 e. The predicted molar refractivity (Wildman–Crippen MR) is 101 cm³/mol. The van der Waals surface area contributed by atoms with E-state index in [0.717, 1.165) is 20.8 Å². The Morgan fingerprint density at radius 3 is 2.63 bits per heavy atom. The number of benzene rings is 1. The molecule has 1 atom stereocenters. The van der Waals surface area contributed by atoms with Gasteiger partial charge in [-0.05, 0) is 42.8 Å². The van der Waals surface area contributed by atoms with Crippen LogP contribution in [0.5, 0.6) is 5.75 Å². The minimum atomic E-state index is -1.06. The van der Waals surface area contributed by atoms with E-state index in [2.05, 4.69) is 4.98 Å². The van der Waals surface area contributed by atoms with Crippen LogP contribution >= 0.6 is 11.3 Å². The Balaban J connectivity index is 1.87. The zero-order valence-corrected chi connectivity index (χ0v) is 15.5. The Hall–Kier alpha value is -3.20. The molecule has 8 nitrogen and oxygen atoms in total. The summed E-state index contributed by atoms with van der Waals surface area (Å²) in [5, 5.41) is 0. The van der Waals surface area contributed by atoms with Crippen LogP contribution in [0.25, 0.3) is 20.7 Å². The molecule has 0 saturated heterocycles. The molecule has 0 radical (unpaired) electrons. The van der Waals surface area contributed by atoms with Gasteiger partial charge in [-0.1, -0.05) is 0 Å². The first kappa shape index (κ1) is 18.6. The molecule has 2 heterocycles. The van der Waals surface area contributed by atoms with Crippen molar-refractivity contribution in [3.63, 3.8) is 0 Å². The molecular formula is C18H17N3O5S. The highest BCUT2D eigenvalue weighted by Gasteiger charge is 2.17. The second-order valence-electron chi connectivity index (χ2n) is 5.77. The molecule has 0 bridgehead atoms. The lowest BCUT2D eigenvalue weighted by molar-refractivity contribution is -0.154. The third-order valence-corrected chi connectivity index (χ3v) is 5.05. The summed E-state index contributed by atoms with van der Waals surface area (Å²) in [6, 6.07) is 9.28. The van der Waals surface area contributed by atoms with Crippen LogP contribution in [0.15, 0.2) is 41.5 Å². The first-order valence-corrected chi connectivity index (χ1v) is 8.83. The fraction of sp³-hybridized carbons (Fsp3) is 0.222. The van der Waals surface area contributed by atoms with Crippen LogP contribution in [-0.2, 0) is 20.9 Å². The van der Waals surface area contributed by atoms with Gasteiger partial charge in [0.05, 0.1) is 19.0 Å². The number of nitrogens with two attached hydrogens (primary N) is 1. The van der Waals surface area contributed by atoms with Crippen LogP contribution in [0.1, 0.15) is 6.92 Å². The van der Waals surface area contributed by atoms with Gasteiger partial charge in [-0.15, -0.1) is 11.3 Å². The summed E-state index contributed by atoms with van der Waals surface area (Å²) in [4.78, 5) is 40.6. The van der Waals surface area contributed by atoms with Gasteiger partial charge >= 0.3 is 5.97 Å². The van der Waals surface area contributed by atoms with Crippen molar-refractivity contribution in [3.05, 3.63) is 47.0 Å². The maximum atomic E-state index is 12.6. The Kier molecular flexibility index (Phi) is 5.22. The van der Waals surface area contributed by atoms with E-state index in [4.69, 9.17) is 15.2 Å². The number of amides is 1. The van der Waals surface area contributed by atoms with E-state index < -0.39 is 18.0 Å². The molecule has 1 amide bonds. The summed E-state index contributed by atoms with van der Waals surface area (Å²) in [7, 11) is 1.59. The number of nitrogens with zero attached hydrogens (tertiary/aromatic N) is 2. The summed E-state index contributed by atoms with van der Waals surface area (Å²) < 4.78 is 11.6. The largest absolute Gasteiger partial charge is 0.497 e. The van der Waals surface area contributed by atoms with Gasteiger partial charge in [0.2, 0.25) is 0 Å². The van der Waals surface area contributed by atoms with E-state index >= 15 is 0 Å². The number of carbonyl (C=O) groups excluding carboxylic acids is 2. The molecule has 0 aliphatic rings. The number of ether oxygens (including phenoxy) is 2. The normalized spacial score (nSPS) is 11.9. The van der Waals surface area contributed by atoms with Crippen molar-refractivity contribution in [2.24, 2.45) is 5.73 Å². The van der Waals surface area contributed by atoms with Gasteiger partial charge in [-0.3, -0.25) is 19.0 Å². The molecule has 2 aromatic heterocycles. The lowest BCUT2D eigenvalue weighted by Crippen LogP contribution is -2.33. The van der Waals surface area contributed by atoms with E-state index in [1.54, 1.807) is 7.11 Å². The van der Waals surface area contributed by atoms with Gasteiger partial charge in [-0.25, -0.2) is 4.98 Å². The molecule has 140 valence electrons. The first-order valence-electron chi connectivity index (χ1n) is 8.01. The summed E-state index contributed by atoms with van der Waals surface area (Å²) >= 11 is 1.29. The molecule has 2 N–H and O–H groups in total. The summed E-state index contributed by atoms with van der Waals surface area (Å²) in [5.41, 5.74) is 6.18. The summed E-state index contributed by atoms with van der Waals surface area (Å²) in [5.74, 6) is -0.757. The third-order valence-electron chi connectivity index (χ3n) is 3.89. The lowest BCUT2D eigenvalue weighted by Gasteiger charge is -2.10. The van der Waals surface area contributed by atoms with E-state index in [1.807, 2.05) is 30.3 Å². The number of thiophene rings is 1. The molecule has 3 aromatic rings. The van der Waals surface area contributed by atoms with Gasteiger partial charge in [0.1, 0.15) is 17.0 Å². The second-order valence-corrected chi connectivity index (χ2v) is 6.82. The van der Waals surface area contributed by atoms with Crippen LogP contribution in [0, 0.1) is 0 Å². The number of aromatic nitrogens is 2. The summed E-state index contributed by atoms with van der Waals surface area (Å²) in [6.45, 7) is 1.01. The van der Waals surface area contributed by atoms with Crippen molar-refractivity contribution in [3.8, 4) is 16.2 Å². The Labute approximate surface area is 158 Å². The first-order chi connectivity index (χ1) is 12.9. The zero-order chi connectivity index (χ0) is 19.6. The van der Waals surface area contributed by atoms with Crippen LogP contribution < -0.4 is 16.0 Å². The topological polar surface area (TPSA) is 114 Å². The molecule has 0 spiro atoms. The number of rotatable bonds is 6. The Morgan fingerprint density at radius 2 is 2.00 bits per heavy atom. The predicted octanol–water partition coefficient (Wildman–Crippen LogP) is 1.55. The van der Waals surface area contributed by atoms with Crippen molar-refractivity contribution in [1.29, 1.82) is 0 Å². The lowest BCUT2D eigenvalue weighted by atomic mass is 10.2. The molecule has 3 rings (SSSR count). The molecule has 0 saturated carbocycles. The van der Waals surface area contributed by atoms with Gasteiger partial charge in [0.15, 0.2) is 6.10 Å². The standard InChI is InChI=1S/C18H17N3O5S/c1-10(17(19)23)26-15(22)8-21-9-20-13-7-14(27-16(13)18(21)24)11-3-5-12(25-2)6-4-11/h3-7,9-10H,8H2,1-2H3,(H2,19,23)/t10-/m0/s1. The average molecular weight is 387 g/mol. The van der Waals surface area contributed by atoms with Crippen LogP contribution in [0.2, 0.25) is 0 Å². The van der Waals surface area contributed by atoms with Gasteiger partial charge < -0.3 is 15.2 Å². The molecule has 0 unspecified atom stereocenters.